The summed E-state index contributed by atoms with van der Waals surface area (Å²) in [5.41, 5.74) is 0.870. The van der Waals surface area contributed by atoms with Crippen LogP contribution >= 0.6 is 12.6 Å². The summed E-state index contributed by atoms with van der Waals surface area (Å²) in [6, 6.07) is 1.70. The maximum Gasteiger partial charge on any atom is 0.268 e. The van der Waals surface area contributed by atoms with Crippen molar-refractivity contribution in [3.8, 4) is 0 Å². The lowest BCUT2D eigenvalue weighted by atomic mass is 9.97. The molecule has 0 unspecified atom stereocenters. The van der Waals surface area contributed by atoms with Crippen molar-refractivity contribution in [2.24, 2.45) is 5.41 Å². The molecule has 0 N–H and O–H groups in total. The average Bonchev–Trinajstić information content (AvgIpc) is 2.42. The largest absolute Gasteiger partial charge is 0.368 e. The molecule has 1 aromatic heterocycles. The number of nitrogens with zero attached hydrogens (tertiary/aromatic N) is 4. The Hall–Kier alpha value is -1.01. The molecule has 0 atom stereocenters. The summed E-state index contributed by atoms with van der Waals surface area (Å²) in [5, 5.41) is 4.32. The average molecular weight is 296 g/mol. The molecule has 0 aromatic carbocycles. The molecule has 0 saturated carbocycles. The lowest BCUT2D eigenvalue weighted by molar-refractivity contribution is 0.311. The molecule has 1 saturated heterocycles. The zero-order valence-electron chi connectivity index (χ0n) is 12.5. The van der Waals surface area contributed by atoms with Gasteiger partial charge in [0, 0.05) is 32.2 Å². The number of likely N-dealkylation sites (N-methyl/N-ethyl adjacent to an activating group) is 1. The summed E-state index contributed by atoms with van der Waals surface area (Å²) in [5.74, 6) is 0.724. The van der Waals surface area contributed by atoms with Crippen LogP contribution < -0.4 is 10.5 Å². The molecule has 1 aliphatic heterocycles. The molecule has 0 spiro atoms. The topological polar surface area (TPSA) is 41.4 Å². The van der Waals surface area contributed by atoms with E-state index in [1.54, 1.807) is 12.3 Å². The van der Waals surface area contributed by atoms with Crippen LogP contribution in [0.25, 0.3) is 0 Å². The van der Waals surface area contributed by atoms with E-state index in [4.69, 9.17) is 0 Å². The maximum absolute atomic E-state index is 12.2. The highest BCUT2D eigenvalue weighted by Gasteiger charge is 2.19. The highest BCUT2D eigenvalue weighted by molar-refractivity contribution is 7.80. The van der Waals surface area contributed by atoms with Gasteiger partial charge in [-0.15, -0.1) is 0 Å². The summed E-state index contributed by atoms with van der Waals surface area (Å²) < 4.78 is 1.54. The fourth-order valence-corrected chi connectivity index (χ4v) is 2.34. The lowest BCUT2D eigenvalue weighted by Gasteiger charge is -2.33. The number of piperazine rings is 1. The number of thiol groups is 1. The van der Waals surface area contributed by atoms with Gasteiger partial charge in [-0.05, 0) is 18.2 Å². The predicted octanol–water partition coefficient (Wildman–Crippen LogP) is 0.951. The molecule has 1 aromatic rings. The fraction of sp³-hybridized carbons (Fsp3) is 0.714. The Kier molecular flexibility index (Phi) is 4.75. The van der Waals surface area contributed by atoms with Gasteiger partial charge in [-0.2, -0.15) is 17.7 Å². The number of hydrogen-bond acceptors (Lipinski definition) is 5. The lowest BCUT2D eigenvalue weighted by Crippen LogP contribution is -2.45. The van der Waals surface area contributed by atoms with Crippen molar-refractivity contribution in [1.29, 1.82) is 0 Å². The molecule has 1 aliphatic rings. The molecule has 0 aliphatic carbocycles. The van der Waals surface area contributed by atoms with Gasteiger partial charge in [0.15, 0.2) is 0 Å². The molecular formula is C14H24N4OS. The van der Waals surface area contributed by atoms with Gasteiger partial charge in [0.2, 0.25) is 0 Å². The van der Waals surface area contributed by atoms with Crippen LogP contribution in [0.3, 0.4) is 0 Å². The van der Waals surface area contributed by atoms with Gasteiger partial charge in [-0.3, -0.25) is 4.79 Å². The van der Waals surface area contributed by atoms with Crippen LogP contribution in [0.4, 0.5) is 5.69 Å². The van der Waals surface area contributed by atoms with Crippen LogP contribution in [0.5, 0.6) is 0 Å². The van der Waals surface area contributed by atoms with Crippen molar-refractivity contribution in [1.82, 2.24) is 14.7 Å². The second-order valence-corrected chi connectivity index (χ2v) is 6.64. The van der Waals surface area contributed by atoms with Crippen LogP contribution in [-0.4, -0.2) is 53.7 Å². The monoisotopic (exact) mass is 296 g/mol. The smallest absolute Gasteiger partial charge is 0.268 e. The van der Waals surface area contributed by atoms with Gasteiger partial charge in [0.05, 0.1) is 18.4 Å². The Labute approximate surface area is 126 Å². The van der Waals surface area contributed by atoms with E-state index in [1.807, 2.05) is 0 Å². The SMILES string of the molecule is CN1CCN(c2cnn(CC(C)(C)CS)c(=O)c2)CC1. The second kappa shape index (κ2) is 6.18. The first-order chi connectivity index (χ1) is 9.41. The van der Waals surface area contributed by atoms with E-state index >= 15 is 0 Å². The van der Waals surface area contributed by atoms with Crippen molar-refractivity contribution in [2.45, 2.75) is 20.4 Å². The van der Waals surface area contributed by atoms with E-state index in [9.17, 15) is 4.79 Å². The third kappa shape index (κ3) is 3.76. The van der Waals surface area contributed by atoms with Crippen molar-refractivity contribution >= 4 is 18.3 Å². The molecule has 20 heavy (non-hydrogen) atoms. The first-order valence-corrected chi connectivity index (χ1v) is 7.66. The Bertz CT molecular complexity index is 506. The van der Waals surface area contributed by atoms with Gasteiger partial charge < -0.3 is 9.80 Å². The molecule has 112 valence electrons. The first-order valence-electron chi connectivity index (χ1n) is 7.03. The van der Waals surface area contributed by atoms with E-state index in [2.05, 4.69) is 48.4 Å². The summed E-state index contributed by atoms with van der Waals surface area (Å²) >= 11 is 4.32. The van der Waals surface area contributed by atoms with E-state index in [0.717, 1.165) is 37.6 Å². The van der Waals surface area contributed by atoms with Crippen molar-refractivity contribution in [3.63, 3.8) is 0 Å². The van der Waals surface area contributed by atoms with Gasteiger partial charge in [0.25, 0.3) is 5.56 Å². The van der Waals surface area contributed by atoms with E-state index in [0.29, 0.717) is 6.54 Å². The molecule has 0 radical (unpaired) electrons. The van der Waals surface area contributed by atoms with Crippen molar-refractivity contribution in [3.05, 3.63) is 22.6 Å². The fourth-order valence-electron chi connectivity index (χ4n) is 2.24. The first kappa shape index (κ1) is 15.4. The summed E-state index contributed by atoms with van der Waals surface area (Å²) in [6.07, 6.45) is 1.81. The molecule has 1 fully saturated rings. The molecule has 6 heteroatoms. The molecule has 5 nitrogen and oxygen atoms in total. The third-order valence-electron chi connectivity index (χ3n) is 3.73. The van der Waals surface area contributed by atoms with E-state index in [-0.39, 0.29) is 11.0 Å². The highest BCUT2D eigenvalue weighted by Crippen LogP contribution is 2.19. The van der Waals surface area contributed by atoms with Gasteiger partial charge in [-0.25, -0.2) is 4.68 Å². The second-order valence-electron chi connectivity index (χ2n) is 6.32. The number of aromatic nitrogens is 2. The summed E-state index contributed by atoms with van der Waals surface area (Å²) in [6.45, 7) is 8.71. The summed E-state index contributed by atoms with van der Waals surface area (Å²) in [4.78, 5) is 16.7. The normalized spacial score (nSPS) is 17.5. The Balaban J connectivity index is 2.12. The van der Waals surface area contributed by atoms with Gasteiger partial charge in [-0.1, -0.05) is 13.8 Å². The third-order valence-corrected chi connectivity index (χ3v) is 4.59. The van der Waals surface area contributed by atoms with Crippen molar-refractivity contribution < 1.29 is 0 Å². The zero-order chi connectivity index (χ0) is 14.8. The molecule has 0 bridgehead atoms. The number of anilines is 1. The van der Waals surface area contributed by atoms with Crippen LogP contribution in [0.15, 0.2) is 17.1 Å². The standard InChI is InChI=1S/C14H24N4OS/c1-14(2,11-20)10-18-13(19)8-12(9-15-18)17-6-4-16(3)5-7-17/h8-9,20H,4-7,10-11H2,1-3H3. The summed E-state index contributed by atoms with van der Waals surface area (Å²) in [7, 11) is 2.12. The molecule has 2 heterocycles. The van der Waals surface area contributed by atoms with Crippen LogP contribution in [-0.2, 0) is 6.54 Å². The highest BCUT2D eigenvalue weighted by atomic mass is 32.1. The van der Waals surface area contributed by atoms with Crippen molar-refractivity contribution in [2.75, 3.05) is 43.9 Å². The van der Waals surface area contributed by atoms with Crippen LogP contribution in [0.1, 0.15) is 13.8 Å². The zero-order valence-corrected chi connectivity index (χ0v) is 13.4. The Morgan fingerprint density at radius 2 is 1.95 bits per heavy atom. The number of hydrogen-bond donors (Lipinski definition) is 1. The Morgan fingerprint density at radius 1 is 1.30 bits per heavy atom. The molecular weight excluding hydrogens is 272 g/mol. The van der Waals surface area contributed by atoms with Crippen LogP contribution in [0, 0.1) is 5.41 Å². The molecule has 0 amide bonds. The Morgan fingerprint density at radius 3 is 2.50 bits per heavy atom. The minimum atomic E-state index is -0.0324. The van der Waals surface area contributed by atoms with Gasteiger partial charge >= 0.3 is 0 Å². The van der Waals surface area contributed by atoms with Gasteiger partial charge in [0.1, 0.15) is 0 Å². The van der Waals surface area contributed by atoms with E-state index in [1.165, 1.54) is 4.68 Å². The minimum Gasteiger partial charge on any atom is -0.368 e. The maximum atomic E-state index is 12.2. The minimum absolute atomic E-state index is 0.0312. The predicted molar refractivity (Wildman–Crippen MR) is 85.8 cm³/mol. The molecule has 2 rings (SSSR count). The van der Waals surface area contributed by atoms with Crippen LogP contribution in [0.2, 0.25) is 0 Å². The quantitative estimate of drug-likeness (QED) is 0.840. The van der Waals surface area contributed by atoms with E-state index < -0.39 is 0 Å². The number of rotatable bonds is 4.